The molecule has 0 N–H and O–H groups in total. The Hall–Kier alpha value is -1.49. The molecule has 2 unspecified atom stereocenters. The Balaban J connectivity index is 1.73. The number of rotatable bonds is 3. The van der Waals surface area contributed by atoms with Gasteiger partial charge >= 0.3 is 0 Å². The van der Waals surface area contributed by atoms with Crippen molar-refractivity contribution in [1.82, 2.24) is 14.9 Å². The van der Waals surface area contributed by atoms with Crippen molar-refractivity contribution in [2.75, 3.05) is 26.0 Å². The molecule has 0 aliphatic carbocycles. The van der Waals surface area contributed by atoms with Crippen LogP contribution in [0.4, 0.5) is 5.95 Å². The second-order valence-electron chi connectivity index (χ2n) is 6.60. The minimum Gasteiger partial charge on any atom is -0.347 e. The van der Waals surface area contributed by atoms with Crippen LogP contribution in [0.1, 0.15) is 42.5 Å². The lowest BCUT2D eigenvalue weighted by molar-refractivity contribution is 0.0338. The molecule has 5 nitrogen and oxygen atoms in total. The average molecular weight is 288 g/mol. The molecule has 3 rings (SSSR count). The maximum Gasteiger partial charge on any atom is 0.224 e. The van der Waals surface area contributed by atoms with Gasteiger partial charge in [-0.1, -0.05) is 6.42 Å². The molecule has 0 aromatic carbocycles. The Labute approximate surface area is 126 Å². The Bertz CT molecular complexity index is 500. The van der Waals surface area contributed by atoms with Crippen LogP contribution in [0.3, 0.4) is 0 Å². The molecule has 2 aliphatic rings. The SMILES string of the molecule is CN(C)c1ncc(C(=O)C2CC3CCCC(C2)N3C)cn1. The van der Waals surface area contributed by atoms with E-state index in [2.05, 4.69) is 21.9 Å². The Morgan fingerprint density at radius 3 is 2.29 bits per heavy atom. The summed E-state index contributed by atoms with van der Waals surface area (Å²) in [7, 11) is 6.01. The van der Waals surface area contributed by atoms with Gasteiger partial charge in [-0.2, -0.15) is 0 Å². The van der Waals surface area contributed by atoms with Crippen molar-refractivity contribution in [3.8, 4) is 0 Å². The third-order valence-corrected chi connectivity index (χ3v) is 5.03. The standard InChI is InChI=1S/C16H24N4O/c1-19(2)16-17-9-12(10-18-16)15(21)11-7-13-5-4-6-14(8-11)20(13)3/h9-11,13-14H,4-8H2,1-3H3. The first kappa shape index (κ1) is 14.4. The molecule has 114 valence electrons. The number of piperidine rings is 2. The van der Waals surface area contributed by atoms with Gasteiger partial charge in [0.05, 0.1) is 5.56 Å². The van der Waals surface area contributed by atoms with Crippen molar-refractivity contribution in [2.24, 2.45) is 5.92 Å². The van der Waals surface area contributed by atoms with E-state index in [4.69, 9.17) is 0 Å². The number of nitrogens with zero attached hydrogens (tertiary/aromatic N) is 4. The van der Waals surface area contributed by atoms with Gasteiger partial charge in [-0.3, -0.25) is 4.79 Å². The van der Waals surface area contributed by atoms with E-state index in [0.717, 1.165) is 12.8 Å². The number of fused-ring (bicyclic) bond motifs is 2. The van der Waals surface area contributed by atoms with Crippen LogP contribution in [0.2, 0.25) is 0 Å². The summed E-state index contributed by atoms with van der Waals surface area (Å²) in [4.78, 5) is 25.6. The number of carbonyl (C=O) groups is 1. The second kappa shape index (κ2) is 5.72. The van der Waals surface area contributed by atoms with E-state index in [1.807, 2.05) is 19.0 Å². The van der Waals surface area contributed by atoms with Gasteiger partial charge < -0.3 is 9.80 Å². The second-order valence-corrected chi connectivity index (χ2v) is 6.60. The number of anilines is 1. The molecule has 0 radical (unpaired) electrons. The quantitative estimate of drug-likeness (QED) is 0.796. The highest BCUT2D eigenvalue weighted by atomic mass is 16.1. The zero-order chi connectivity index (χ0) is 15.0. The normalized spacial score (nSPS) is 29.2. The highest BCUT2D eigenvalue weighted by molar-refractivity contribution is 5.97. The summed E-state index contributed by atoms with van der Waals surface area (Å²) < 4.78 is 0. The predicted octanol–water partition coefficient (Wildman–Crippen LogP) is 1.99. The van der Waals surface area contributed by atoms with Gasteiger partial charge in [-0.25, -0.2) is 9.97 Å². The molecular weight excluding hydrogens is 264 g/mol. The molecule has 2 fully saturated rings. The highest BCUT2D eigenvalue weighted by Crippen LogP contribution is 2.37. The summed E-state index contributed by atoms with van der Waals surface area (Å²) in [5.41, 5.74) is 0.660. The largest absolute Gasteiger partial charge is 0.347 e. The maximum absolute atomic E-state index is 12.7. The number of hydrogen-bond donors (Lipinski definition) is 0. The van der Waals surface area contributed by atoms with E-state index in [1.165, 1.54) is 19.3 Å². The van der Waals surface area contributed by atoms with Crippen molar-refractivity contribution < 1.29 is 4.79 Å². The van der Waals surface area contributed by atoms with Crippen LogP contribution >= 0.6 is 0 Å². The van der Waals surface area contributed by atoms with Crippen molar-refractivity contribution in [3.05, 3.63) is 18.0 Å². The zero-order valence-electron chi connectivity index (χ0n) is 13.1. The van der Waals surface area contributed by atoms with Crippen molar-refractivity contribution in [2.45, 2.75) is 44.2 Å². The molecular formula is C16H24N4O. The summed E-state index contributed by atoms with van der Waals surface area (Å²) in [6.45, 7) is 0. The fourth-order valence-electron chi connectivity index (χ4n) is 3.75. The molecule has 0 spiro atoms. The third-order valence-electron chi connectivity index (χ3n) is 5.03. The fraction of sp³-hybridized carbons (Fsp3) is 0.688. The molecule has 5 heteroatoms. The minimum absolute atomic E-state index is 0.144. The van der Waals surface area contributed by atoms with Crippen molar-refractivity contribution in [3.63, 3.8) is 0 Å². The molecule has 2 saturated heterocycles. The van der Waals surface area contributed by atoms with Gasteiger partial charge in [-0.05, 0) is 32.7 Å². The van der Waals surface area contributed by atoms with Crippen LogP contribution in [-0.4, -0.2) is 53.9 Å². The Kier molecular flexibility index (Phi) is 3.93. The molecule has 2 bridgehead atoms. The van der Waals surface area contributed by atoms with Crippen LogP contribution in [0, 0.1) is 5.92 Å². The van der Waals surface area contributed by atoms with Crippen LogP contribution in [0.15, 0.2) is 12.4 Å². The first-order chi connectivity index (χ1) is 10.1. The first-order valence-corrected chi connectivity index (χ1v) is 7.81. The summed E-state index contributed by atoms with van der Waals surface area (Å²) in [6, 6.07) is 1.15. The number of carbonyl (C=O) groups excluding carboxylic acids is 1. The molecule has 21 heavy (non-hydrogen) atoms. The molecule has 2 atom stereocenters. The lowest BCUT2D eigenvalue weighted by atomic mass is 9.76. The van der Waals surface area contributed by atoms with Gasteiger partial charge in [0.15, 0.2) is 5.78 Å². The van der Waals surface area contributed by atoms with Gasteiger partial charge in [0, 0.05) is 44.5 Å². The van der Waals surface area contributed by atoms with Crippen molar-refractivity contribution in [1.29, 1.82) is 0 Å². The van der Waals surface area contributed by atoms with Crippen LogP contribution in [0.5, 0.6) is 0 Å². The van der Waals surface area contributed by atoms with E-state index in [1.54, 1.807) is 12.4 Å². The summed E-state index contributed by atoms with van der Waals surface area (Å²) in [5.74, 6) is 1.02. The number of aromatic nitrogens is 2. The Morgan fingerprint density at radius 2 is 1.76 bits per heavy atom. The molecule has 0 amide bonds. The fourth-order valence-corrected chi connectivity index (χ4v) is 3.75. The monoisotopic (exact) mass is 288 g/mol. The summed E-state index contributed by atoms with van der Waals surface area (Å²) in [6.07, 6.45) is 9.10. The predicted molar refractivity (Wildman–Crippen MR) is 82.6 cm³/mol. The minimum atomic E-state index is 0.144. The molecule has 2 aliphatic heterocycles. The van der Waals surface area contributed by atoms with E-state index in [0.29, 0.717) is 23.6 Å². The van der Waals surface area contributed by atoms with Crippen LogP contribution < -0.4 is 4.90 Å². The zero-order valence-corrected chi connectivity index (χ0v) is 13.1. The van der Waals surface area contributed by atoms with Crippen LogP contribution in [-0.2, 0) is 0 Å². The van der Waals surface area contributed by atoms with Gasteiger partial charge in [0.2, 0.25) is 5.95 Å². The Morgan fingerprint density at radius 1 is 1.19 bits per heavy atom. The topological polar surface area (TPSA) is 49.3 Å². The van der Waals surface area contributed by atoms with E-state index >= 15 is 0 Å². The maximum atomic E-state index is 12.7. The van der Waals surface area contributed by atoms with E-state index < -0.39 is 0 Å². The third kappa shape index (κ3) is 2.79. The smallest absolute Gasteiger partial charge is 0.224 e. The van der Waals surface area contributed by atoms with Crippen molar-refractivity contribution >= 4 is 11.7 Å². The summed E-state index contributed by atoms with van der Waals surface area (Å²) in [5, 5.41) is 0. The molecule has 0 saturated carbocycles. The van der Waals surface area contributed by atoms with E-state index in [-0.39, 0.29) is 11.7 Å². The molecule has 1 aromatic rings. The first-order valence-electron chi connectivity index (χ1n) is 7.81. The van der Waals surface area contributed by atoms with Gasteiger partial charge in [0.25, 0.3) is 0 Å². The van der Waals surface area contributed by atoms with E-state index in [9.17, 15) is 4.79 Å². The number of hydrogen-bond acceptors (Lipinski definition) is 5. The lowest BCUT2D eigenvalue weighted by Gasteiger charge is -2.46. The highest BCUT2D eigenvalue weighted by Gasteiger charge is 2.38. The average Bonchev–Trinajstić information content (AvgIpc) is 2.46. The van der Waals surface area contributed by atoms with Gasteiger partial charge in [-0.15, -0.1) is 0 Å². The number of ketones is 1. The summed E-state index contributed by atoms with van der Waals surface area (Å²) >= 11 is 0. The number of Topliss-reactive ketones (excluding diaryl/α,β-unsaturated/α-hetero) is 1. The van der Waals surface area contributed by atoms with Gasteiger partial charge in [0.1, 0.15) is 0 Å². The lowest BCUT2D eigenvalue weighted by Crippen LogP contribution is -2.51. The van der Waals surface area contributed by atoms with Crippen LogP contribution in [0.25, 0.3) is 0 Å². The molecule has 3 heterocycles. The molecule has 1 aromatic heterocycles.